The minimum Gasteiger partial charge on any atom is -0.779 e. The Morgan fingerprint density at radius 1 is 1.18 bits per heavy atom. The van der Waals surface area contributed by atoms with Crippen molar-refractivity contribution in [3.05, 3.63) is 60.2 Å². The number of alkyl carbamates (subject to hydrolysis) is 1. The number of hydrogen-bond acceptors (Lipinski definition) is 9. The summed E-state index contributed by atoms with van der Waals surface area (Å²) in [5, 5.41) is 2.73. The van der Waals surface area contributed by atoms with E-state index < -0.39 is 42.0 Å². The van der Waals surface area contributed by atoms with Gasteiger partial charge in [-0.15, -0.1) is 0 Å². The van der Waals surface area contributed by atoms with Crippen LogP contribution in [0.3, 0.4) is 0 Å². The van der Waals surface area contributed by atoms with Crippen LogP contribution in [-0.2, 0) is 35.0 Å². The fourth-order valence-electron chi connectivity index (χ4n) is 4.23. The van der Waals surface area contributed by atoms with Crippen molar-refractivity contribution < 1.29 is 36.7 Å². The van der Waals surface area contributed by atoms with Crippen molar-refractivity contribution in [2.24, 2.45) is 5.92 Å². The van der Waals surface area contributed by atoms with Gasteiger partial charge >= 0.3 is 6.09 Å². The van der Waals surface area contributed by atoms with E-state index in [1.807, 2.05) is 44.2 Å². The molecule has 39 heavy (non-hydrogen) atoms. The Labute approximate surface area is 230 Å². The number of nitrogens with one attached hydrogen (secondary N) is 1. The molecular weight excluding hydrogens is 545 g/mol. The fourth-order valence-corrected chi connectivity index (χ4v) is 6.55. The van der Waals surface area contributed by atoms with E-state index in [2.05, 4.69) is 5.32 Å². The van der Waals surface area contributed by atoms with Crippen LogP contribution in [0.4, 0.5) is 10.5 Å². The Balaban J connectivity index is 1.96. The molecule has 4 atom stereocenters. The van der Waals surface area contributed by atoms with Crippen LogP contribution in [0, 0.1) is 5.92 Å². The SMILES string of the molecule is CC(C)CN(C[C@@H](OP(C)(=O)[O-])[C@H](Cc1ccccc1)NC(=O)O[C@H]1CCOC1)S(=O)(=O)c1ccc(N)cc1. The van der Waals surface area contributed by atoms with Gasteiger partial charge in [-0.2, -0.15) is 4.31 Å². The van der Waals surface area contributed by atoms with Crippen molar-refractivity contribution >= 4 is 29.4 Å². The van der Waals surface area contributed by atoms with Crippen molar-refractivity contribution in [1.29, 1.82) is 0 Å². The van der Waals surface area contributed by atoms with Gasteiger partial charge in [0.1, 0.15) is 13.7 Å². The summed E-state index contributed by atoms with van der Waals surface area (Å²) >= 11 is 0. The molecular formula is C26H37N3O8PS-. The summed E-state index contributed by atoms with van der Waals surface area (Å²) < 4.78 is 57.1. The number of carbonyl (C=O) groups excluding carboxylic acids is 1. The number of nitrogens with zero attached hydrogens (tertiary/aromatic N) is 1. The van der Waals surface area contributed by atoms with Crippen molar-refractivity contribution in [2.75, 3.05) is 38.7 Å². The first-order chi connectivity index (χ1) is 18.3. The second-order valence-corrected chi connectivity index (χ2v) is 13.7. The largest absolute Gasteiger partial charge is 0.779 e. The molecule has 0 saturated carbocycles. The first kappa shape index (κ1) is 31.1. The lowest BCUT2D eigenvalue weighted by Gasteiger charge is -2.36. The quantitative estimate of drug-likeness (QED) is 0.267. The molecule has 1 fully saturated rings. The summed E-state index contributed by atoms with van der Waals surface area (Å²) in [6.45, 7) is 5.09. The van der Waals surface area contributed by atoms with Gasteiger partial charge in [-0.1, -0.05) is 44.2 Å². The van der Waals surface area contributed by atoms with E-state index in [1.165, 1.54) is 28.6 Å². The zero-order valence-electron chi connectivity index (χ0n) is 22.4. The third-order valence-electron chi connectivity index (χ3n) is 6.01. The van der Waals surface area contributed by atoms with Gasteiger partial charge in [-0.3, -0.25) is 0 Å². The summed E-state index contributed by atoms with van der Waals surface area (Å²) in [6, 6.07) is 13.9. The summed E-state index contributed by atoms with van der Waals surface area (Å²) in [4.78, 5) is 25.2. The average Bonchev–Trinajstić information content (AvgIpc) is 3.35. The second-order valence-electron chi connectivity index (χ2n) is 10.0. The molecule has 0 bridgehead atoms. The maximum absolute atomic E-state index is 13.7. The predicted octanol–water partition coefficient (Wildman–Crippen LogP) is 2.61. The predicted molar refractivity (Wildman–Crippen MR) is 146 cm³/mol. The zero-order chi connectivity index (χ0) is 28.6. The van der Waals surface area contributed by atoms with Gasteiger partial charge in [-0.05, 0) is 42.2 Å². The van der Waals surface area contributed by atoms with Gasteiger partial charge in [0.25, 0.3) is 0 Å². The Morgan fingerprint density at radius 2 is 1.85 bits per heavy atom. The molecule has 1 aliphatic rings. The minimum atomic E-state index is -4.37. The van der Waals surface area contributed by atoms with Gasteiger partial charge in [0.2, 0.25) is 10.0 Å². The second kappa shape index (κ2) is 13.7. The lowest BCUT2D eigenvalue weighted by Crippen LogP contribution is -2.52. The van der Waals surface area contributed by atoms with E-state index in [0.29, 0.717) is 18.7 Å². The molecule has 2 aromatic rings. The van der Waals surface area contributed by atoms with Crippen LogP contribution in [0.2, 0.25) is 0 Å². The Morgan fingerprint density at radius 3 is 2.41 bits per heavy atom. The normalized spacial score (nSPS) is 19.0. The molecule has 1 heterocycles. The molecule has 13 heteroatoms. The smallest absolute Gasteiger partial charge is 0.407 e. The van der Waals surface area contributed by atoms with Gasteiger partial charge in [-0.25, -0.2) is 13.2 Å². The van der Waals surface area contributed by atoms with Gasteiger partial charge < -0.3 is 34.5 Å². The molecule has 2 aromatic carbocycles. The first-order valence-electron chi connectivity index (χ1n) is 12.7. The number of carbonyl (C=O) groups is 1. The average molecular weight is 583 g/mol. The molecule has 1 unspecified atom stereocenters. The molecule has 216 valence electrons. The number of anilines is 1. The highest BCUT2D eigenvalue weighted by Crippen LogP contribution is 2.35. The van der Waals surface area contributed by atoms with Crippen LogP contribution in [0.1, 0.15) is 25.8 Å². The Kier molecular flexibility index (Phi) is 10.9. The molecule has 0 spiro atoms. The van der Waals surface area contributed by atoms with E-state index in [9.17, 15) is 22.7 Å². The summed E-state index contributed by atoms with van der Waals surface area (Å²) in [5.41, 5.74) is 6.93. The molecule has 1 amide bonds. The number of sulfonamides is 1. The third-order valence-corrected chi connectivity index (χ3v) is 8.51. The molecule has 0 aliphatic carbocycles. The monoisotopic (exact) mass is 582 g/mol. The molecule has 1 aliphatic heterocycles. The molecule has 1 saturated heterocycles. The first-order valence-corrected chi connectivity index (χ1v) is 16.2. The van der Waals surface area contributed by atoms with Crippen LogP contribution in [-0.4, -0.2) is 70.0 Å². The third kappa shape index (κ3) is 9.90. The standard InChI is InChI=1S/C26H38N3O8PS/c1-19(2)16-29(39(33,34)23-11-9-21(27)10-12-23)17-25(37-38(3,31)32)24(15-20-7-5-4-6-8-20)28-26(30)36-22-13-14-35-18-22/h4-12,19,22,24-25H,13-18,27H2,1-3H3,(H,28,30)(H,31,32)/p-1/t22-,24-,25+/m0/s1. The number of nitrogen functional groups attached to an aromatic ring is 1. The number of benzene rings is 2. The van der Waals surface area contributed by atoms with Crippen molar-refractivity contribution in [3.8, 4) is 0 Å². The molecule has 3 N–H and O–H groups in total. The molecule has 11 nitrogen and oxygen atoms in total. The van der Waals surface area contributed by atoms with Crippen molar-refractivity contribution in [2.45, 2.75) is 49.8 Å². The van der Waals surface area contributed by atoms with Crippen LogP contribution in [0.25, 0.3) is 0 Å². The van der Waals surface area contributed by atoms with E-state index in [1.54, 1.807) is 0 Å². The fraction of sp³-hybridized carbons (Fsp3) is 0.500. The number of amides is 1. The molecule has 0 radical (unpaired) electrons. The Hall–Kier alpha value is -2.47. The summed E-state index contributed by atoms with van der Waals surface area (Å²) in [5.74, 6) is -0.0947. The summed E-state index contributed by atoms with van der Waals surface area (Å²) in [7, 11) is -8.45. The highest BCUT2D eigenvalue weighted by molar-refractivity contribution is 7.89. The number of nitrogens with two attached hydrogens (primary N) is 1. The molecule has 0 aromatic heterocycles. The van der Waals surface area contributed by atoms with Crippen LogP contribution < -0.4 is 15.9 Å². The maximum Gasteiger partial charge on any atom is 0.407 e. The van der Waals surface area contributed by atoms with E-state index >= 15 is 0 Å². The number of hydrogen-bond donors (Lipinski definition) is 2. The highest BCUT2D eigenvalue weighted by Gasteiger charge is 2.35. The lowest BCUT2D eigenvalue weighted by molar-refractivity contribution is -0.201. The van der Waals surface area contributed by atoms with Gasteiger partial charge in [0.05, 0.1) is 30.3 Å². The number of rotatable bonds is 13. The summed E-state index contributed by atoms with van der Waals surface area (Å²) in [6.07, 6.45) is -1.74. The number of ether oxygens (including phenoxy) is 2. The van der Waals surface area contributed by atoms with Gasteiger partial charge in [0.15, 0.2) is 0 Å². The Bertz CT molecular complexity index is 1220. The maximum atomic E-state index is 13.7. The lowest BCUT2D eigenvalue weighted by atomic mass is 10.0. The van der Waals surface area contributed by atoms with Crippen LogP contribution in [0.5, 0.6) is 0 Å². The topological polar surface area (TPSA) is 160 Å². The van der Waals surface area contributed by atoms with Crippen molar-refractivity contribution in [3.63, 3.8) is 0 Å². The van der Waals surface area contributed by atoms with Crippen LogP contribution in [0.15, 0.2) is 59.5 Å². The van der Waals surface area contributed by atoms with Crippen molar-refractivity contribution in [1.82, 2.24) is 9.62 Å². The van der Waals surface area contributed by atoms with Gasteiger partial charge in [0, 0.05) is 31.9 Å². The van der Waals surface area contributed by atoms with E-state index in [4.69, 9.17) is 19.7 Å². The molecule has 3 rings (SSSR count). The van der Waals surface area contributed by atoms with Crippen LogP contribution >= 0.6 is 7.60 Å². The zero-order valence-corrected chi connectivity index (χ0v) is 24.1. The minimum absolute atomic E-state index is 0.00566. The van der Waals surface area contributed by atoms with E-state index in [0.717, 1.165) is 12.2 Å². The van der Waals surface area contributed by atoms with E-state index in [-0.39, 0.29) is 36.9 Å². The highest BCUT2D eigenvalue weighted by atomic mass is 32.2.